The second-order valence-electron chi connectivity index (χ2n) is 6.67. The number of aliphatic hydroxyl groups is 1. The van der Waals surface area contributed by atoms with Crippen LogP contribution in [0.3, 0.4) is 0 Å². The van der Waals surface area contributed by atoms with Gasteiger partial charge in [-0.15, -0.1) is 0 Å². The molecule has 2 aromatic carbocycles. The number of aromatic amines is 1. The lowest BCUT2D eigenvalue weighted by Crippen LogP contribution is -2.33. The van der Waals surface area contributed by atoms with Crippen LogP contribution in [0, 0.1) is 13.8 Å². The van der Waals surface area contributed by atoms with E-state index in [9.17, 15) is 9.90 Å². The van der Waals surface area contributed by atoms with E-state index in [1.54, 1.807) is 4.90 Å². The largest absolute Gasteiger partial charge is 0.494 e. The van der Waals surface area contributed by atoms with Gasteiger partial charge in [0.15, 0.2) is 0 Å². The van der Waals surface area contributed by atoms with Crippen molar-refractivity contribution in [2.45, 2.75) is 27.3 Å². The average molecular weight is 366 g/mol. The van der Waals surface area contributed by atoms with Gasteiger partial charge in [-0.2, -0.15) is 0 Å². The lowest BCUT2D eigenvalue weighted by Gasteiger charge is -2.23. The van der Waals surface area contributed by atoms with Crippen molar-refractivity contribution in [3.05, 3.63) is 64.8 Å². The topological polar surface area (TPSA) is 65.6 Å². The number of amides is 1. The number of rotatable bonds is 7. The van der Waals surface area contributed by atoms with Gasteiger partial charge in [0.2, 0.25) is 0 Å². The van der Waals surface area contributed by atoms with Crippen molar-refractivity contribution in [2.24, 2.45) is 0 Å². The van der Waals surface area contributed by atoms with Crippen molar-refractivity contribution < 1.29 is 14.6 Å². The van der Waals surface area contributed by atoms with E-state index in [0.29, 0.717) is 18.8 Å². The van der Waals surface area contributed by atoms with Crippen molar-refractivity contribution >= 4 is 16.8 Å². The Morgan fingerprint density at radius 2 is 1.96 bits per heavy atom. The minimum absolute atomic E-state index is 0.0963. The fraction of sp³-hybridized carbons (Fsp3) is 0.318. The molecule has 0 radical (unpaired) electrons. The Morgan fingerprint density at radius 1 is 1.19 bits per heavy atom. The summed E-state index contributed by atoms with van der Waals surface area (Å²) < 4.78 is 5.68. The molecule has 3 rings (SSSR count). The summed E-state index contributed by atoms with van der Waals surface area (Å²) in [7, 11) is 0. The van der Waals surface area contributed by atoms with Crippen LogP contribution in [0.1, 0.15) is 34.1 Å². The zero-order valence-electron chi connectivity index (χ0n) is 16.1. The molecule has 0 saturated carbocycles. The molecule has 0 saturated heterocycles. The first-order chi connectivity index (χ1) is 13.0. The number of nitrogens with one attached hydrogen (secondary N) is 1. The fourth-order valence-corrected chi connectivity index (χ4v) is 3.32. The Balaban J connectivity index is 1.93. The smallest absolute Gasteiger partial charge is 0.270 e. The number of nitrogens with zero attached hydrogens (tertiary/aromatic N) is 1. The van der Waals surface area contributed by atoms with E-state index in [2.05, 4.69) is 11.1 Å². The predicted molar refractivity (Wildman–Crippen MR) is 107 cm³/mol. The quantitative estimate of drug-likeness (QED) is 0.668. The Kier molecular flexibility index (Phi) is 5.81. The third-order valence-electron chi connectivity index (χ3n) is 4.72. The van der Waals surface area contributed by atoms with E-state index in [4.69, 9.17) is 4.74 Å². The van der Waals surface area contributed by atoms with Crippen LogP contribution >= 0.6 is 0 Å². The number of hydrogen-bond acceptors (Lipinski definition) is 3. The molecule has 1 aromatic heterocycles. The third kappa shape index (κ3) is 3.98. The first-order valence-corrected chi connectivity index (χ1v) is 9.25. The van der Waals surface area contributed by atoms with Gasteiger partial charge in [0, 0.05) is 29.6 Å². The van der Waals surface area contributed by atoms with Crippen LogP contribution in [0.4, 0.5) is 0 Å². The Bertz CT molecular complexity index is 946. The molecule has 142 valence electrons. The van der Waals surface area contributed by atoms with Gasteiger partial charge in [0.25, 0.3) is 5.91 Å². The van der Waals surface area contributed by atoms with Crippen molar-refractivity contribution in [1.82, 2.24) is 9.88 Å². The molecule has 0 aliphatic carbocycles. The zero-order valence-corrected chi connectivity index (χ0v) is 16.1. The molecule has 5 nitrogen and oxygen atoms in total. The summed E-state index contributed by atoms with van der Waals surface area (Å²) in [5.74, 6) is 0.640. The molecule has 0 unspecified atom stereocenters. The number of carbonyl (C=O) groups excluding carboxylic acids is 1. The van der Waals surface area contributed by atoms with Crippen LogP contribution in [-0.4, -0.2) is 40.7 Å². The molecule has 0 aliphatic heterocycles. The maximum atomic E-state index is 13.2. The monoisotopic (exact) mass is 366 g/mol. The molecular weight excluding hydrogens is 340 g/mol. The molecule has 2 N–H and O–H groups in total. The number of H-pyrrole nitrogens is 1. The first-order valence-electron chi connectivity index (χ1n) is 9.25. The Morgan fingerprint density at radius 3 is 2.70 bits per heavy atom. The summed E-state index contributed by atoms with van der Waals surface area (Å²) in [5, 5.41) is 10.5. The van der Waals surface area contributed by atoms with Crippen molar-refractivity contribution in [3.63, 3.8) is 0 Å². The highest BCUT2D eigenvalue weighted by atomic mass is 16.5. The van der Waals surface area contributed by atoms with Crippen molar-refractivity contribution in [2.75, 3.05) is 19.8 Å². The molecule has 0 fully saturated rings. The maximum Gasteiger partial charge on any atom is 0.270 e. The fourth-order valence-electron chi connectivity index (χ4n) is 3.32. The molecule has 0 aliphatic rings. The van der Waals surface area contributed by atoms with Crippen LogP contribution < -0.4 is 4.74 Å². The van der Waals surface area contributed by atoms with E-state index in [-0.39, 0.29) is 19.1 Å². The summed E-state index contributed by atoms with van der Waals surface area (Å²) in [6.45, 7) is 7.03. The van der Waals surface area contributed by atoms with Crippen molar-refractivity contribution in [1.29, 1.82) is 0 Å². The Labute approximate surface area is 159 Å². The van der Waals surface area contributed by atoms with E-state index in [1.165, 1.54) is 0 Å². The number of para-hydroxylation sites is 1. The minimum Gasteiger partial charge on any atom is -0.494 e. The average Bonchev–Trinajstić information content (AvgIpc) is 2.99. The highest BCUT2D eigenvalue weighted by Crippen LogP contribution is 2.25. The highest BCUT2D eigenvalue weighted by molar-refractivity contribution is 6.01. The molecule has 5 heteroatoms. The second-order valence-corrected chi connectivity index (χ2v) is 6.67. The Hall–Kier alpha value is -2.79. The summed E-state index contributed by atoms with van der Waals surface area (Å²) in [5.41, 5.74) is 4.52. The van der Waals surface area contributed by atoms with E-state index < -0.39 is 0 Å². The molecule has 27 heavy (non-hydrogen) atoms. The number of aromatic nitrogens is 1. The number of aryl methyl sites for hydroxylation is 2. The van der Waals surface area contributed by atoms with Crippen molar-refractivity contribution in [3.8, 4) is 5.75 Å². The molecule has 0 bridgehead atoms. The normalized spacial score (nSPS) is 11.0. The summed E-state index contributed by atoms with van der Waals surface area (Å²) in [6, 6.07) is 13.8. The zero-order chi connectivity index (χ0) is 19.4. The lowest BCUT2D eigenvalue weighted by molar-refractivity contribution is 0.0700. The minimum atomic E-state index is -0.123. The van der Waals surface area contributed by atoms with Gasteiger partial charge in [-0.05, 0) is 44.5 Å². The van der Waals surface area contributed by atoms with Gasteiger partial charge in [-0.1, -0.05) is 29.8 Å². The number of aliphatic hydroxyl groups excluding tert-OH is 1. The van der Waals surface area contributed by atoms with E-state index in [0.717, 1.165) is 33.3 Å². The van der Waals surface area contributed by atoms with Crippen LogP contribution in [0.15, 0.2) is 42.5 Å². The summed E-state index contributed by atoms with van der Waals surface area (Å²) >= 11 is 0. The van der Waals surface area contributed by atoms with Gasteiger partial charge in [-0.3, -0.25) is 4.79 Å². The predicted octanol–water partition coefficient (Wildman–Crippen LogP) is 3.82. The number of benzene rings is 2. The standard InChI is InChI=1S/C22H26N2O3/c1-4-27-20-8-6-5-7-17(20)14-24(11-12-25)22(26)21-16(3)18-13-15(2)9-10-19(18)23-21/h5-10,13,23,25H,4,11-12,14H2,1-3H3. The third-order valence-corrected chi connectivity index (χ3v) is 4.72. The molecule has 1 amide bonds. The van der Waals surface area contributed by atoms with Gasteiger partial charge < -0.3 is 19.7 Å². The van der Waals surface area contributed by atoms with E-state index >= 15 is 0 Å². The summed E-state index contributed by atoms with van der Waals surface area (Å²) in [6.07, 6.45) is 0. The lowest BCUT2D eigenvalue weighted by atomic mass is 10.1. The second kappa shape index (κ2) is 8.27. The molecule has 0 atom stereocenters. The number of carbonyl (C=O) groups is 1. The van der Waals surface area contributed by atoms with Crippen LogP contribution in [-0.2, 0) is 6.54 Å². The van der Waals surface area contributed by atoms with Gasteiger partial charge >= 0.3 is 0 Å². The van der Waals surface area contributed by atoms with Gasteiger partial charge in [-0.25, -0.2) is 0 Å². The molecule has 1 heterocycles. The number of fused-ring (bicyclic) bond motifs is 1. The molecule has 3 aromatic rings. The van der Waals surface area contributed by atoms with Crippen LogP contribution in [0.25, 0.3) is 10.9 Å². The van der Waals surface area contributed by atoms with Crippen LogP contribution in [0.5, 0.6) is 5.75 Å². The van der Waals surface area contributed by atoms with E-state index in [1.807, 2.05) is 57.2 Å². The highest BCUT2D eigenvalue weighted by Gasteiger charge is 2.22. The molecular formula is C22H26N2O3. The first kappa shape index (κ1) is 19.0. The summed E-state index contributed by atoms with van der Waals surface area (Å²) in [4.78, 5) is 18.1. The molecule has 0 spiro atoms. The van der Waals surface area contributed by atoms with Gasteiger partial charge in [0.05, 0.1) is 13.2 Å². The maximum absolute atomic E-state index is 13.2. The number of hydrogen-bond donors (Lipinski definition) is 2. The SMILES string of the molecule is CCOc1ccccc1CN(CCO)C(=O)c1[nH]c2ccc(C)cc2c1C. The van der Waals surface area contributed by atoms with Gasteiger partial charge in [0.1, 0.15) is 11.4 Å². The number of ether oxygens (including phenoxy) is 1. The van der Waals surface area contributed by atoms with Crippen LogP contribution in [0.2, 0.25) is 0 Å².